The van der Waals surface area contributed by atoms with E-state index in [0.717, 1.165) is 50.0 Å². The molecule has 3 heterocycles. The molecule has 2 aromatic rings. The zero-order chi connectivity index (χ0) is 18.9. The molecular formula is C23H31N3OS. The van der Waals surface area contributed by atoms with E-state index in [0.29, 0.717) is 6.10 Å². The Balaban J connectivity index is 1.44. The van der Waals surface area contributed by atoms with Gasteiger partial charge in [0.1, 0.15) is 17.0 Å². The quantitative estimate of drug-likeness (QED) is 0.750. The first-order valence-corrected chi connectivity index (χ1v) is 11.8. The fourth-order valence-electron chi connectivity index (χ4n) is 4.87. The summed E-state index contributed by atoms with van der Waals surface area (Å²) in [6.45, 7) is 3.24. The van der Waals surface area contributed by atoms with Gasteiger partial charge in [0.25, 0.3) is 0 Å². The van der Waals surface area contributed by atoms with Crippen LogP contribution in [0, 0.1) is 0 Å². The van der Waals surface area contributed by atoms with Gasteiger partial charge in [-0.05, 0) is 50.3 Å². The van der Waals surface area contributed by atoms with E-state index in [4.69, 9.17) is 9.72 Å². The number of hydrogen-bond acceptors (Lipinski definition) is 4. The van der Waals surface area contributed by atoms with Gasteiger partial charge >= 0.3 is 0 Å². The van der Waals surface area contributed by atoms with Crippen molar-refractivity contribution in [2.24, 2.45) is 0 Å². The number of aryl methyl sites for hydroxylation is 2. The van der Waals surface area contributed by atoms with E-state index in [1.165, 1.54) is 41.8 Å². The lowest BCUT2D eigenvalue weighted by atomic mass is 10.00. The van der Waals surface area contributed by atoms with Gasteiger partial charge in [-0.1, -0.05) is 37.1 Å². The lowest BCUT2D eigenvalue weighted by Crippen LogP contribution is -2.35. The number of rotatable bonds is 4. The van der Waals surface area contributed by atoms with Gasteiger partial charge in [0, 0.05) is 31.1 Å². The fourth-order valence-corrected chi connectivity index (χ4v) is 6.12. The van der Waals surface area contributed by atoms with Crippen molar-refractivity contribution < 1.29 is 4.74 Å². The van der Waals surface area contributed by atoms with Crippen molar-refractivity contribution in [3.63, 3.8) is 0 Å². The van der Waals surface area contributed by atoms with Crippen LogP contribution in [0.2, 0.25) is 0 Å². The maximum atomic E-state index is 6.78. The van der Waals surface area contributed by atoms with E-state index in [-0.39, 0.29) is 6.10 Å². The van der Waals surface area contributed by atoms with Gasteiger partial charge in [0.05, 0.1) is 6.10 Å². The van der Waals surface area contributed by atoms with E-state index < -0.39 is 0 Å². The Kier molecular flexibility index (Phi) is 5.49. The molecule has 1 atom stereocenters. The van der Waals surface area contributed by atoms with Crippen molar-refractivity contribution in [1.82, 2.24) is 14.5 Å². The third-order valence-electron chi connectivity index (χ3n) is 6.56. The van der Waals surface area contributed by atoms with E-state index in [1.54, 1.807) is 0 Å². The lowest BCUT2D eigenvalue weighted by molar-refractivity contribution is -0.0276. The van der Waals surface area contributed by atoms with E-state index in [1.807, 2.05) is 11.8 Å². The van der Waals surface area contributed by atoms with Gasteiger partial charge in [-0.25, -0.2) is 4.98 Å². The number of imidazole rings is 1. The summed E-state index contributed by atoms with van der Waals surface area (Å²) in [5.74, 6) is 1.12. The highest BCUT2D eigenvalue weighted by Gasteiger charge is 2.31. The third kappa shape index (κ3) is 3.89. The Morgan fingerprint density at radius 1 is 1.04 bits per heavy atom. The van der Waals surface area contributed by atoms with Gasteiger partial charge < -0.3 is 14.2 Å². The topological polar surface area (TPSA) is 30.3 Å². The minimum absolute atomic E-state index is 0.0370. The molecule has 0 amide bonds. The number of ether oxygens (including phenoxy) is 1. The van der Waals surface area contributed by atoms with Gasteiger partial charge in [0.15, 0.2) is 0 Å². The summed E-state index contributed by atoms with van der Waals surface area (Å²) in [5, 5.41) is 1.94. The molecule has 0 N–H and O–H groups in total. The molecule has 5 heteroatoms. The number of thioether (sulfide) groups is 1. The molecule has 0 radical (unpaired) electrons. The largest absolute Gasteiger partial charge is 0.362 e. The van der Waals surface area contributed by atoms with E-state index in [9.17, 15) is 0 Å². The van der Waals surface area contributed by atoms with Crippen LogP contribution in [0.1, 0.15) is 61.6 Å². The minimum atomic E-state index is -0.0370. The van der Waals surface area contributed by atoms with Crippen molar-refractivity contribution in [2.45, 2.75) is 74.0 Å². The fraction of sp³-hybridized carbons (Fsp3) is 0.609. The highest BCUT2D eigenvalue weighted by molar-refractivity contribution is 7.99. The molecule has 0 spiro atoms. The molecule has 2 fully saturated rings. The summed E-state index contributed by atoms with van der Waals surface area (Å²) >= 11 is 1.99. The maximum absolute atomic E-state index is 6.78. The van der Waals surface area contributed by atoms with Crippen LogP contribution < -0.4 is 0 Å². The van der Waals surface area contributed by atoms with Gasteiger partial charge in [-0.2, -0.15) is 0 Å². The molecule has 2 aliphatic heterocycles. The average Bonchev–Trinajstić information content (AvgIpc) is 3.34. The maximum Gasteiger partial charge on any atom is 0.144 e. The molecule has 3 aliphatic rings. The van der Waals surface area contributed by atoms with Crippen molar-refractivity contribution in [2.75, 3.05) is 20.1 Å². The highest BCUT2D eigenvalue weighted by Crippen LogP contribution is 2.38. The van der Waals surface area contributed by atoms with E-state index >= 15 is 0 Å². The number of aromatic nitrogens is 2. The monoisotopic (exact) mass is 397 g/mol. The summed E-state index contributed by atoms with van der Waals surface area (Å²) in [6.07, 6.45) is 11.3. The summed E-state index contributed by atoms with van der Waals surface area (Å²) in [4.78, 5) is 7.53. The van der Waals surface area contributed by atoms with Crippen molar-refractivity contribution in [3.8, 4) is 0 Å². The molecular weight excluding hydrogens is 366 g/mol. The smallest absolute Gasteiger partial charge is 0.144 e. The Hall–Kier alpha value is -1.30. The van der Waals surface area contributed by atoms with Gasteiger partial charge in [0.2, 0.25) is 0 Å². The molecule has 5 rings (SSSR count). The van der Waals surface area contributed by atoms with Gasteiger partial charge in [-0.15, -0.1) is 11.8 Å². The van der Waals surface area contributed by atoms with Crippen molar-refractivity contribution in [3.05, 3.63) is 47.4 Å². The predicted octanol–water partition coefficient (Wildman–Crippen LogP) is 4.67. The second-order valence-corrected chi connectivity index (χ2v) is 9.94. The Morgan fingerprint density at radius 2 is 1.82 bits per heavy atom. The second-order valence-electron chi connectivity index (χ2n) is 8.62. The zero-order valence-electron chi connectivity index (χ0n) is 16.8. The van der Waals surface area contributed by atoms with Crippen LogP contribution in [0.25, 0.3) is 0 Å². The van der Waals surface area contributed by atoms with Gasteiger partial charge in [-0.3, -0.25) is 0 Å². The SMILES string of the molecule is CN1CCC(OC2c3ccccc3CCn3cc(SC4CCCC4)nc32)CC1. The molecule has 1 aromatic carbocycles. The summed E-state index contributed by atoms with van der Waals surface area (Å²) in [6, 6.07) is 8.82. The third-order valence-corrected chi connectivity index (χ3v) is 7.81. The summed E-state index contributed by atoms with van der Waals surface area (Å²) < 4.78 is 9.15. The van der Waals surface area contributed by atoms with Crippen LogP contribution in [0.5, 0.6) is 0 Å². The standard InChI is InChI=1S/C23H31N3OS/c1-25-13-11-18(12-14-25)27-22-20-9-5-2-6-17(20)10-15-26-16-21(24-23(22)26)28-19-7-3-4-8-19/h2,5-6,9,16,18-19,22H,3-4,7-8,10-15H2,1H3. The summed E-state index contributed by atoms with van der Waals surface area (Å²) in [7, 11) is 2.20. The average molecular weight is 398 g/mol. The molecule has 1 aliphatic carbocycles. The van der Waals surface area contributed by atoms with E-state index in [2.05, 4.69) is 47.0 Å². The van der Waals surface area contributed by atoms with Crippen LogP contribution in [-0.4, -0.2) is 45.9 Å². The molecule has 0 bridgehead atoms. The number of hydrogen-bond donors (Lipinski definition) is 0. The molecule has 1 saturated carbocycles. The van der Waals surface area contributed by atoms with Crippen LogP contribution in [-0.2, 0) is 17.7 Å². The lowest BCUT2D eigenvalue weighted by Gasteiger charge is -2.32. The zero-order valence-corrected chi connectivity index (χ0v) is 17.7. The van der Waals surface area contributed by atoms with Crippen LogP contribution in [0.3, 0.4) is 0 Å². The molecule has 150 valence electrons. The number of benzene rings is 1. The minimum Gasteiger partial charge on any atom is -0.362 e. The molecule has 1 aromatic heterocycles. The first-order valence-electron chi connectivity index (χ1n) is 10.9. The van der Waals surface area contributed by atoms with Crippen LogP contribution in [0.4, 0.5) is 0 Å². The van der Waals surface area contributed by atoms with Crippen LogP contribution in [0.15, 0.2) is 35.5 Å². The highest BCUT2D eigenvalue weighted by atomic mass is 32.2. The molecule has 4 nitrogen and oxygen atoms in total. The molecule has 1 unspecified atom stereocenters. The number of fused-ring (bicyclic) bond motifs is 2. The number of piperidine rings is 1. The van der Waals surface area contributed by atoms with Crippen molar-refractivity contribution >= 4 is 11.8 Å². The normalized spacial score (nSPS) is 24.1. The summed E-state index contributed by atoms with van der Waals surface area (Å²) in [5.41, 5.74) is 2.74. The van der Waals surface area contributed by atoms with Crippen molar-refractivity contribution in [1.29, 1.82) is 0 Å². The predicted molar refractivity (Wildman–Crippen MR) is 114 cm³/mol. The first-order chi connectivity index (χ1) is 13.8. The molecule has 1 saturated heterocycles. The Bertz CT molecular complexity index is 806. The Morgan fingerprint density at radius 3 is 2.64 bits per heavy atom. The molecule has 28 heavy (non-hydrogen) atoms. The number of likely N-dealkylation sites (tertiary alicyclic amines) is 1. The Labute approximate surface area is 172 Å². The second kappa shape index (κ2) is 8.21. The first kappa shape index (κ1) is 18.7. The number of nitrogens with zero attached hydrogens (tertiary/aromatic N) is 3. The van der Waals surface area contributed by atoms with Crippen LogP contribution >= 0.6 is 11.8 Å².